The molecule has 0 heterocycles. The minimum Gasteiger partial charge on any atom is -0.504 e. The maximum absolute atomic E-state index is 12.7. The summed E-state index contributed by atoms with van der Waals surface area (Å²) >= 11 is 0. The van der Waals surface area contributed by atoms with E-state index in [9.17, 15) is 34.8 Å². The Labute approximate surface area is 127 Å². The minimum atomic E-state index is -2.17. The summed E-state index contributed by atoms with van der Waals surface area (Å²) in [5.41, 5.74) is 0.412. The molecule has 0 aliphatic rings. The number of aryl methyl sites for hydroxylation is 2. The number of benzene rings is 2. The van der Waals surface area contributed by atoms with Crippen LogP contribution in [0.1, 0.15) is 11.1 Å². The molecular formula is C14H14O7S. The smallest absolute Gasteiger partial charge is 0.201 e. The van der Waals surface area contributed by atoms with Gasteiger partial charge in [-0.15, -0.1) is 0 Å². The van der Waals surface area contributed by atoms with Gasteiger partial charge in [-0.3, -0.25) is 0 Å². The molecule has 0 saturated carbocycles. The first-order valence-electron chi connectivity index (χ1n) is 6.07. The molecule has 2 aromatic rings. The van der Waals surface area contributed by atoms with Gasteiger partial charge in [0.25, 0.3) is 0 Å². The molecule has 0 atom stereocenters. The summed E-state index contributed by atoms with van der Waals surface area (Å²) in [5, 5.41) is 57.7. The fraction of sp³-hybridized carbons (Fsp3) is 0.143. The summed E-state index contributed by atoms with van der Waals surface area (Å²) in [5.74, 6) is -4.41. The highest BCUT2D eigenvalue weighted by Gasteiger charge is 2.26. The predicted molar refractivity (Wildman–Crippen MR) is 77.0 cm³/mol. The van der Waals surface area contributed by atoms with E-state index in [4.69, 9.17) is 0 Å². The highest BCUT2D eigenvalue weighted by Crippen LogP contribution is 2.47. The number of hydrogen-bond donors (Lipinski definition) is 6. The number of phenolic OH excluding ortho intramolecular Hbond substituents is 6. The van der Waals surface area contributed by atoms with Crippen LogP contribution in [0.2, 0.25) is 0 Å². The van der Waals surface area contributed by atoms with Crippen molar-refractivity contribution in [2.45, 2.75) is 23.6 Å². The number of hydrogen-bond acceptors (Lipinski definition) is 7. The van der Waals surface area contributed by atoms with Crippen LogP contribution in [-0.2, 0) is 10.8 Å². The van der Waals surface area contributed by atoms with Crippen molar-refractivity contribution in [1.29, 1.82) is 0 Å². The van der Waals surface area contributed by atoms with E-state index in [0.29, 0.717) is 0 Å². The van der Waals surface area contributed by atoms with Gasteiger partial charge in [-0.25, -0.2) is 4.21 Å². The maximum Gasteiger partial charge on any atom is 0.201 e. The normalized spacial score (nSPS) is 11.0. The quantitative estimate of drug-likeness (QED) is 0.462. The van der Waals surface area contributed by atoms with Crippen LogP contribution in [0.15, 0.2) is 21.9 Å². The summed E-state index contributed by atoms with van der Waals surface area (Å²) in [6.45, 7) is 2.89. The van der Waals surface area contributed by atoms with Crippen molar-refractivity contribution in [3.63, 3.8) is 0 Å². The molecule has 0 aliphatic heterocycles. The molecule has 8 heteroatoms. The van der Waals surface area contributed by atoms with Crippen LogP contribution in [0.3, 0.4) is 0 Å². The molecule has 0 spiro atoms. The summed E-state index contributed by atoms with van der Waals surface area (Å²) in [6.07, 6.45) is 0. The maximum atomic E-state index is 12.7. The Morgan fingerprint density at radius 1 is 0.682 bits per heavy atom. The molecule has 6 N–H and O–H groups in total. The van der Waals surface area contributed by atoms with Gasteiger partial charge >= 0.3 is 0 Å². The van der Waals surface area contributed by atoms with E-state index < -0.39 is 45.3 Å². The summed E-state index contributed by atoms with van der Waals surface area (Å²) < 4.78 is 12.7. The molecule has 0 amide bonds. The lowest BCUT2D eigenvalue weighted by Gasteiger charge is -2.14. The Kier molecular flexibility index (Phi) is 3.80. The average molecular weight is 326 g/mol. The zero-order chi connectivity index (χ0) is 16.8. The molecule has 2 rings (SSSR count). The third-order valence-electron chi connectivity index (χ3n) is 3.16. The first-order chi connectivity index (χ1) is 10.2. The van der Waals surface area contributed by atoms with Gasteiger partial charge < -0.3 is 30.6 Å². The van der Waals surface area contributed by atoms with Crippen molar-refractivity contribution in [3.05, 3.63) is 23.3 Å². The molecule has 0 bridgehead atoms. The van der Waals surface area contributed by atoms with Gasteiger partial charge in [-0.1, -0.05) is 0 Å². The molecule has 0 unspecified atom stereocenters. The van der Waals surface area contributed by atoms with Crippen LogP contribution < -0.4 is 0 Å². The van der Waals surface area contributed by atoms with E-state index in [1.807, 2.05) is 0 Å². The van der Waals surface area contributed by atoms with Crippen LogP contribution in [0.4, 0.5) is 0 Å². The van der Waals surface area contributed by atoms with Crippen molar-refractivity contribution < 1.29 is 34.8 Å². The van der Waals surface area contributed by atoms with Crippen LogP contribution in [0, 0.1) is 13.8 Å². The molecular weight excluding hydrogens is 312 g/mol. The van der Waals surface area contributed by atoms with E-state index in [1.54, 1.807) is 0 Å². The Morgan fingerprint density at radius 3 is 1.32 bits per heavy atom. The third-order valence-corrected chi connectivity index (χ3v) is 4.93. The van der Waals surface area contributed by atoms with Crippen molar-refractivity contribution in [1.82, 2.24) is 0 Å². The number of rotatable bonds is 2. The van der Waals surface area contributed by atoms with Crippen LogP contribution in [-0.4, -0.2) is 34.8 Å². The number of phenols is 6. The van der Waals surface area contributed by atoms with Gasteiger partial charge in [0.1, 0.15) is 0 Å². The topological polar surface area (TPSA) is 138 Å². The standard InChI is InChI=1S/C14H14O7S/c1-5-3-7(15)9(17)11(19)13(5)22(21)14-6(2)4-8(16)10(18)12(14)20/h3-4,15-20H,1-2H3. The lowest BCUT2D eigenvalue weighted by Crippen LogP contribution is -2.00. The average Bonchev–Trinajstić information content (AvgIpc) is 2.42. The van der Waals surface area contributed by atoms with Gasteiger partial charge in [0.05, 0.1) is 20.6 Å². The van der Waals surface area contributed by atoms with E-state index in [-0.39, 0.29) is 20.9 Å². The predicted octanol–water partition coefficient (Wildman–Crippen LogP) is 1.70. The van der Waals surface area contributed by atoms with E-state index in [2.05, 4.69) is 0 Å². The van der Waals surface area contributed by atoms with Crippen molar-refractivity contribution in [3.8, 4) is 34.5 Å². The molecule has 2 aromatic carbocycles. The second kappa shape index (κ2) is 5.30. The molecule has 118 valence electrons. The Hall–Kier alpha value is -2.61. The lowest BCUT2D eigenvalue weighted by molar-refractivity contribution is 0.358. The third kappa shape index (κ3) is 2.27. The highest BCUT2D eigenvalue weighted by atomic mass is 32.2. The number of aromatic hydroxyl groups is 6. The first kappa shape index (κ1) is 15.8. The Balaban J connectivity index is 2.75. The monoisotopic (exact) mass is 326 g/mol. The van der Waals surface area contributed by atoms with Crippen LogP contribution in [0.5, 0.6) is 34.5 Å². The Bertz CT molecular complexity index is 733. The van der Waals surface area contributed by atoms with Gasteiger partial charge in [0.2, 0.25) is 11.5 Å². The summed E-state index contributed by atoms with van der Waals surface area (Å²) in [7, 11) is -2.17. The Morgan fingerprint density at radius 2 is 1.00 bits per heavy atom. The molecule has 7 nitrogen and oxygen atoms in total. The second-order valence-corrected chi connectivity index (χ2v) is 6.10. The lowest BCUT2D eigenvalue weighted by atomic mass is 10.2. The van der Waals surface area contributed by atoms with Gasteiger partial charge in [0, 0.05) is 0 Å². The molecule has 0 radical (unpaired) electrons. The molecule has 0 fully saturated rings. The van der Waals surface area contributed by atoms with Gasteiger partial charge in [0.15, 0.2) is 23.0 Å². The van der Waals surface area contributed by atoms with E-state index >= 15 is 0 Å². The fourth-order valence-electron chi connectivity index (χ4n) is 2.08. The summed E-state index contributed by atoms with van der Waals surface area (Å²) in [4.78, 5) is -0.447. The van der Waals surface area contributed by atoms with Gasteiger partial charge in [-0.2, -0.15) is 0 Å². The zero-order valence-corrected chi connectivity index (χ0v) is 12.5. The fourth-order valence-corrected chi connectivity index (χ4v) is 3.53. The van der Waals surface area contributed by atoms with E-state index in [0.717, 1.165) is 12.1 Å². The SMILES string of the molecule is Cc1cc(O)c(O)c(O)c1S(=O)c1c(C)cc(O)c(O)c1O. The van der Waals surface area contributed by atoms with Crippen molar-refractivity contribution >= 4 is 10.8 Å². The van der Waals surface area contributed by atoms with Gasteiger partial charge in [-0.05, 0) is 37.1 Å². The summed E-state index contributed by atoms with van der Waals surface area (Å²) in [6, 6.07) is 2.21. The molecule has 22 heavy (non-hydrogen) atoms. The van der Waals surface area contributed by atoms with Crippen LogP contribution in [0.25, 0.3) is 0 Å². The second-order valence-electron chi connectivity index (χ2n) is 4.75. The zero-order valence-electron chi connectivity index (χ0n) is 11.7. The first-order valence-corrected chi connectivity index (χ1v) is 7.22. The molecule has 0 aromatic heterocycles. The van der Waals surface area contributed by atoms with Crippen molar-refractivity contribution in [2.75, 3.05) is 0 Å². The minimum absolute atomic E-state index is 0.206. The van der Waals surface area contributed by atoms with Crippen molar-refractivity contribution in [2.24, 2.45) is 0 Å². The highest BCUT2D eigenvalue weighted by molar-refractivity contribution is 7.85. The van der Waals surface area contributed by atoms with E-state index in [1.165, 1.54) is 13.8 Å². The largest absolute Gasteiger partial charge is 0.504 e. The molecule has 0 aliphatic carbocycles. The molecule has 0 saturated heterocycles. The van der Waals surface area contributed by atoms with Crippen LogP contribution >= 0.6 is 0 Å².